The SMILES string of the molecule is NC(=O)C(N)CNC1CCOC1C1CC1. The molecule has 5 heteroatoms. The van der Waals surface area contributed by atoms with Crippen LogP contribution in [0.2, 0.25) is 0 Å². The summed E-state index contributed by atoms with van der Waals surface area (Å²) in [7, 11) is 0. The Morgan fingerprint density at radius 1 is 1.47 bits per heavy atom. The molecular formula is C10H19N3O2. The van der Waals surface area contributed by atoms with Crippen molar-refractivity contribution in [1.29, 1.82) is 0 Å². The van der Waals surface area contributed by atoms with Gasteiger partial charge in [-0.25, -0.2) is 0 Å². The summed E-state index contributed by atoms with van der Waals surface area (Å²) >= 11 is 0. The lowest BCUT2D eigenvalue weighted by molar-refractivity contribution is -0.119. The lowest BCUT2D eigenvalue weighted by atomic mass is 10.1. The molecule has 2 rings (SSSR count). The molecule has 0 bridgehead atoms. The highest BCUT2D eigenvalue weighted by Gasteiger charge is 2.40. The van der Waals surface area contributed by atoms with Crippen LogP contribution in [0.4, 0.5) is 0 Å². The summed E-state index contributed by atoms with van der Waals surface area (Å²) in [5.41, 5.74) is 10.6. The summed E-state index contributed by atoms with van der Waals surface area (Å²) in [5.74, 6) is 0.263. The Morgan fingerprint density at radius 2 is 2.20 bits per heavy atom. The number of nitrogens with one attached hydrogen (secondary N) is 1. The predicted molar refractivity (Wildman–Crippen MR) is 56.0 cm³/mol. The number of carbonyl (C=O) groups excluding carboxylic acids is 1. The summed E-state index contributed by atoms with van der Waals surface area (Å²) in [6.07, 6.45) is 3.87. The summed E-state index contributed by atoms with van der Waals surface area (Å²) < 4.78 is 5.66. The number of rotatable bonds is 5. The van der Waals surface area contributed by atoms with E-state index in [0.29, 0.717) is 18.7 Å². The van der Waals surface area contributed by atoms with Gasteiger partial charge in [0, 0.05) is 19.2 Å². The first-order valence-electron chi connectivity index (χ1n) is 5.58. The Bertz CT molecular complexity index is 243. The first-order valence-corrected chi connectivity index (χ1v) is 5.58. The zero-order valence-corrected chi connectivity index (χ0v) is 8.82. The second kappa shape index (κ2) is 4.47. The Balaban J connectivity index is 1.75. The third-order valence-corrected chi connectivity index (χ3v) is 3.19. The molecule has 1 saturated heterocycles. The zero-order chi connectivity index (χ0) is 10.8. The predicted octanol–water partition coefficient (Wildman–Crippen LogP) is -1.04. The lowest BCUT2D eigenvalue weighted by Gasteiger charge is -2.20. The van der Waals surface area contributed by atoms with E-state index in [-0.39, 0.29) is 0 Å². The van der Waals surface area contributed by atoms with E-state index >= 15 is 0 Å². The van der Waals surface area contributed by atoms with Crippen molar-refractivity contribution in [2.24, 2.45) is 17.4 Å². The molecule has 0 radical (unpaired) electrons. The van der Waals surface area contributed by atoms with E-state index in [9.17, 15) is 4.79 Å². The van der Waals surface area contributed by atoms with E-state index in [0.717, 1.165) is 18.9 Å². The Morgan fingerprint density at radius 3 is 2.80 bits per heavy atom. The van der Waals surface area contributed by atoms with Gasteiger partial charge in [0.05, 0.1) is 12.1 Å². The number of ether oxygens (including phenoxy) is 1. The fourth-order valence-electron chi connectivity index (χ4n) is 2.10. The summed E-state index contributed by atoms with van der Waals surface area (Å²) in [5, 5.41) is 3.28. The van der Waals surface area contributed by atoms with Gasteiger partial charge < -0.3 is 21.5 Å². The van der Waals surface area contributed by atoms with Crippen LogP contribution in [0.3, 0.4) is 0 Å². The van der Waals surface area contributed by atoms with Gasteiger partial charge in [-0.1, -0.05) is 0 Å². The van der Waals surface area contributed by atoms with Gasteiger partial charge in [-0.3, -0.25) is 4.79 Å². The van der Waals surface area contributed by atoms with Crippen LogP contribution < -0.4 is 16.8 Å². The number of amides is 1. The van der Waals surface area contributed by atoms with E-state index in [4.69, 9.17) is 16.2 Å². The fraction of sp³-hybridized carbons (Fsp3) is 0.900. The highest BCUT2D eigenvalue weighted by atomic mass is 16.5. The van der Waals surface area contributed by atoms with Crippen molar-refractivity contribution in [3.63, 3.8) is 0 Å². The molecule has 0 spiro atoms. The molecule has 2 fully saturated rings. The van der Waals surface area contributed by atoms with Crippen molar-refractivity contribution >= 4 is 5.91 Å². The van der Waals surface area contributed by atoms with Gasteiger partial charge >= 0.3 is 0 Å². The number of hydrogen-bond donors (Lipinski definition) is 3. The van der Waals surface area contributed by atoms with Crippen LogP contribution in [0.25, 0.3) is 0 Å². The first-order chi connectivity index (χ1) is 7.18. The highest BCUT2D eigenvalue weighted by Crippen LogP contribution is 2.38. The van der Waals surface area contributed by atoms with E-state index in [1.54, 1.807) is 0 Å². The molecule has 15 heavy (non-hydrogen) atoms. The van der Waals surface area contributed by atoms with Crippen LogP contribution in [0.5, 0.6) is 0 Å². The molecule has 1 heterocycles. The van der Waals surface area contributed by atoms with Crippen molar-refractivity contribution in [3.05, 3.63) is 0 Å². The molecule has 1 aliphatic carbocycles. The summed E-state index contributed by atoms with van der Waals surface area (Å²) in [4.78, 5) is 10.8. The van der Waals surface area contributed by atoms with E-state index in [2.05, 4.69) is 5.32 Å². The second-order valence-corrected chi connectivity index (χ2v) is 4.49. The minimum Gasteiger partial charge on any atom is -0.376 e. The molecule has 0 aromatic carbocycles. The lowest BCUT2D eigenvalue weighted by Crippen LogP contribution is -2.49. The van der Waals surface area contributed by atoms with Crippen LogP contribution >= 0.6 is 0 Å². The van der Waals surface area contributed by atoms with Crippen LogP contribution in [0.15, 0.2) is 0 Å². The third kappa shape index (κ3) is 2.68. The smallest absolute Gasteiger partial charge is 0.235 e. The molecule has 1 aliphatic heterocycles. The van der Waals surface area contributed by atoms with Crippen molar-refractivity contribution in [2.45, 2.75) is 37.5 Å². The van der Waals surface area contributed by atoms with Gasteiger partial charge in [-0.2, -0.15) is 0 Å². The molecule has 5 nitrogen and oxygen atoms in total. The van der Waals surface area contributed by atoms with Crippen molar-refractivity contribution < 1.29 is 9.53 Å². The number of primary amides is 1. The van der Waals surface area contributed by atoms with Crippen LogP contribution in [0, 0.1) is 5.92 Å². The Labute approximate surface area is 89.5 Å². The van der Waals surface area contributed by atoms with Gasteiger partial charge in [0.15, 0.2) is 0 Å². The number of carbonyl (C=O) groups is 1. The molecule has 0 aromatic rings. The fourth-order valence-corrected chi connectivity index (χ4v) is 2.10. The zero-order valence-electron chi connectivity index (χ0n) is 8.82. The van der Waals surface area contributed by atoms with E-state index in [1.807, 2.05) is 0 Å². The second-order valence-electron chi connectivity index (χ2n) is 4.49. The standard InChI is InChI=1S/C10H19N3O2/c11-7(10(12)14)5-13-8-3-4-15-9(8)6-1-2-6/h6-9,13H,1-5,11H2,(H2,12,14). The van der Waals surface area contributed by atoms with E-state index in [1.165, 1.54) is 12.8 Å². The summed E-state index contributed by atoms with van der Waals surface area (Å²) in [6, 6.07) is -0.242. The largest absolute Gasteiger partial charge is 0.376 e. The molecule has 1 saturated carbocycles. The van der Waals surface area contributed by atoms with Gasteiger partial charge in [0.2, 0.25) is 5.91 Å². The Hall–Kier alpha value is -0.650. The van der Waals surface area contributed by atoms with Crippen molar-refractivity contribution in [2.75, 3.05) is 13.2 Å². The Kier molecular flexibility index (Phi) is 3.23. The molecule has 3 atom stereocenters. The molecule has 1 amide bonds. The maximum absolute atomic E-state index is 10.8. The minimum atomic E-state index is -0.592. The molecule has 2 aliphatic rings. The normalized spacial score (nSPS) is 32.9. The first kappa shape index (κ1) is 10.9. The van der Waals surface area contributed by atoms with Gasteiger partial charge in [-0.05, 0) is 25.2 Å². The maximum Gasteiger partial charge on any atom is 0.235 e. The average molecular weight is 213 g/mol. The van der Waals surface area contributed by atoms with Gasteiger partial charge in [0.25, 0.3) is 0 Å². The molecule has 3 unspecified atom stereocenters. The van der Waals surface area contributed by atoms with E-state index < -0.39 is 11.9 Å². The highest BCUT2D eigenvalue weighted by molar-refractivity contribution is 5.79. The van der Waals surface area contributed by atoms with Gasteiger partial charge in [0.1, 0.15) is 0 Å². The van der Waals surface area contributed by atoms with Gasteiger partial charge in [-0.15, -0.1) is 0 Å². The average Bonchev–Trinajstić information content (AvgIpc) is 2.94. The number of nitrogens with two attached hydrogens (primary N) is 2. The number of hydrogen-bond acceptors (Lipinski definition) is 4. The molecule has 0 aromatic heterocycles. The monoisotopic (exact) mass is 213 g/mol. The molecule has 86 valence electrons. The molecule has 5 N–H and O–H groups in total. The molecular weight excluding hydrogens is 194 g/mol. The van der Waals surface area contributed by atoms with Crippen molar-refractivity contribution in [1.82, 2.24) is 5.32 Å². The van der Waals surface area contributed by atoms with Crippen LogP contribution in [-0.4, -0.2) is 37.2 Å². The summed E-state index contributed by atoms with van der Waals surface area (Å²) in [6.45, 7) is 1.26. The van der Waals surface area contributed by atoms with Crippen LogP contribution in [-0.2, 0) is 9.53 Å². The van der Waals surface area contributed by atoms with Crippen LogP contribution in [0.1, 0.15) is 19.3 Å². The quantitative estimate of drug-likeness (QED) is 0.544. The van der Waals surface area contributed by atoms with Crippen molar-refractivity contribution in [3.8, 4) is 0 Å². The topological polar surface area (TPSA) is 90.4 Å². The minimum absolute atomic E-state index is 0.324. The third-order valence-electron chi connectivity index (χ3n) is 3.19. The maximum atomic E-state index is 10.8.